The maximum absolute atomic E-state index is 3.29. The van der Waals surface area contributed by atoms with Crippen LogP contribution in [0.25, 0.3) is 0 Å². The largest absolute Gasteiger partial charge is 0.304 e. The first-order valence-electron chi connectivity index (χ1n) is 3.31. The van der Waals surface area contributed by atoms with Gasteiger partial charge in [0.15, 0.2) is 0 Å². The molecule has 48 valence electrons. The second-order valence-corrected chi connectivity index (χ2v) is 2.52. The van der Waals surface area contributed by atoms with Crippen molar-refractivity contribution < 1.29 is 0 Å². The highest BCUT2D eigenvalue weighted by Crippen LogP contribution is 1.98. The second-order valence-electron chi connectivity index (χ2n) is 2.52. The van der Waals surface area contributed by atoms with E-state index in [1.165, 1.54) is 19.5 Å². The molecule has 0 radical (unpaired) electrons. The van der Waals surface area contributed by atoms with Crippen LogP contribution in [0.5, 0.6) is 0 Å². The third-order valence-electron chi connectivity index (χ3n) is 1.56. The number of rotatable bonds is 0. The van der Waals surface area contributed by atoms with Crippen molar-refractivity contribution in [2.45, 2.75) is 13.3 Å². The van der Waals surface area contributed by atoms with Crippen LogP contribution in [-0.2, 0) is 0 Å². The Kier molecular flexibility index (Phi) is 2.30. The maximum atomic E-state index is 3.29. The first-order valence-corrected chi connectivity index (χ1v) is 3.31. The van der Waals surface area contributed by atoms with Gasteiger partial charge in [0.2, 0.25) is 0 Å². The van der Waals surface area contributed by atoms with Crippen molar-refractivity contribution in [3.63, 3.8) is 0 Å². The van der Waals surface area contributed by atoms with Crippen LogP contribution in [0, 0.1) is 5.92 Å². The van der Waals surface area contributed by atoms with E-state index < -0.39 is 0 Å². The van der Waals surface area contributed by atoms with Crippen LogP contribution in [0.15, 0.2) is 0 Å². The Bertz CT molecular complexity index is 55.5. The fraction of sp³-hybridized carbons (Fsp3) is 1.00. The van der Waals surface area contributed by atoms with E-state index >= 15 is 0 Å². The van der Waals surface area contributed by atoms with Gasteiger partial charge in [0, 0.05) is 6.67 Å². The standard InChI is InChI=1S/C6H14N2/c1-6-2-3-7-5-8-4-6/h6-8H,2-5H2,1H3. The molecule has 1 saturated heterocycles. The Balaban J connectivity index is 2.17. The van der Waals surface area contributed by atoms with Crippen LogP contribution in [0.1, 0.15) is 13.3 Å². The molecule has 0 bridgehead atoms. The molecule has 1 heterocycles. The van der Waals surface area contributed by atoms with Gasteiger partial charge in [-0.1, -0.05) is 6.92 Å². The van der Waals surface area contributed by atoms with Crippen LogP contribution in [-0.4, -0.2) is 19.8 Å². The molecule has 2 N–H and O–H groups in total. The molecular formula is C6H14N2. The Labute approximate surface area is 50.7 Å². The zero-order valence-electron chi connectivity index (χ0n) is 5.41. The second kappa shape index (κ2) is 3.05. The lowest BCUT2D eigenvalue weighted by Crippen LogP contribution is -2.26. The zero-order chi connectivity index (χ0) is 5.82. The Morgan fingerprint density at radius 1 is 1.38 bits per heavy atom. The quantitative estimate of drug-likeness (QED) is 0.469. The predicted octanol–water partition coefficient (Wildman–Crippen LogP) is 0.163. The van der Waals surface area contributed by atoms with Gasteiger partial charge >= 0.3 is 0 Å². The number of hydrogen-bond acceptors (Lipinski definition) is 2. The van der Waals surface area contributed by atoms with Gasteiger partial charge in [-0.2, -0.15) is 0 Å². The lowest BCUT2D eigenvalue weighted by molar-refractivity contribution is 0.537. The fourth-order valence-corrected chi connectivity index (χ4v) is 0.946. The highest BCUT2D eigenvalue weighted by molar-refractivity contribution is 4.62. The molecule has 0 aliphatic carbocycles. The van der Waals surface area contributed by atoms with Crippen molar-refractivity contribution >= 4 is 0 Å². The van der Waals surface area contributed by atoms with E-state index in [9.17, 15) is 0 Å². The lowest BCUT2D eigenvalue weighted by atomic mass is 10.1. The van der Waals surface area contributed by atoms with E-state index in [2.05, 4.69) is 17.6 Å². The highest BCUT2D eigenvalue weighted by Gasteiger charge is 2.03. The molecule has 1 atom stereocenters. The van der Waals surface area contributed by atoms with Gasteiger partial charge in [-0.25, -0.2) is 0 Å². The smallest absolute Gasteiger partial charge is 0.0454 e. The third-order valence-corrected chi connectivity index (χ3v) is 1.56. The lowest BCUT2D eigenvalue weighted by Gasteiger charge is -2.03. The van der Waals surface area contributed by atoms with Gasteiger partial charge in [-0.15, -0.1) is 0 Å². The molecule has 1 unspecified atom stereocenters. The van der Waals surface area contributed by atoms with Crippen molar-refractivity contribution in [1.29, 1.82) is 0 Å². The zero-order valence-corrected chi connectivity index (χ0v) is 5.41. The van der Waals surface area contributed by atoms with Crippen LogP contribution >= 0.6 is 0 Å². The Morgan fingerprint density at radius 2 is 2.25 bits per heavy atom. The SMILES string of the molecule is CC1CCNCNC1. The summed E-state index contributed by atoms with van der Waals surface area (Å²) >= 11 is 0. The average molecular weight is 114 g/mol. The predicted molar refractivity (Wildman–Crippen MR) is 34.7 cm³/mol. The summed E-state index contributed by atoms with van der Waals surface area (Å²) in [6.45, 7) is 5.62. The molecule has 8 heavy (non-hydrogen) atoms. The normalized spacial score (nSPS) is 31.9. The molecule has 1 aliphatic heterocycles. The molecule has 0 aromatic rings. The van der Waals surface area contributed by atoms with Crippen molar-refractivity contribution in [3.8, 4) is 0 Å². The summed E-state index contributed by atoms with van der Waals surface area (Å²) in [5, 5.41) is 6.55. The summed E-state index contributed by atoms with van der Waals surface area (Å²) in [6, 6.07) is 0. The summed E-state index contributed by atoms with van der Waals surface area (Å²) in [7, 11) is 0. The molecule has 2 nitrogen and oxygen atoms in total. The molecule has 1 rings (SSSR count). The average Bonchev–Trinajstić information content (AvgIpc) is 1.94. The van der Waals surface area contributed by atoms with E-state index in [4.69, 9.17) is 0 Å². The Hall–Kier alpha value is -0.0800. The minimum atomic E-state index is 0.852. The van der Waals surface area contributed by atoms with Crippen molar-refractivity contribution in [2.75, 3.05) is 19.8 Å². The Morgan fingerprint density at radius 3 is 3.12 bits per heavy atom. The van der Waals surface area contributed by atoms with E-state index in [0.717, 1.165) is 12.6 Å². The fourth-order valence-electron chi connectivity index (χ4n) is 0.946. The van der Waals surface area contributed by atoms with Gasteiger partial charge in [-0.3, -0.25) is 0 Å². The van der Waals surface area contributed by atoms with Crippen molar-refractivity contribution in [2.24, 2.45) is 5.92 Å². The van der Waals surface area contributed by atoms with Gasteiger partial charge in [0.25, 0.3) is 0 Å². The summed E-state index contributed by atoms with van der Waals surface area (Å²) < 4.78 is 0. The monoisotopic (exact) mass is 114 g/mol. The molecular weight excluding hydrogens is 100 g/mol. The van der Waals surface area contributed by atoms with Gasteiger partial charge in [-0.05, 0) is 25.4 Å². The summed E-state index contributed by atoms with van der Waals surface area (Å²) in [5.74, 6) is 0.852. The van der Waals surface area contributed by atoms with Crippen LogP contribution in [0.4, 0.5) is 0 Å². The highest BCUT2D eigenvalue weighted by atomic mass is 15.1. The minimum absolute atomic E-state index is 0.852. The third kappa shape index (κ3) is 1.80. The van der Waals surface area contributed by atoms with E-state index in [1.54, 1.807) is 0 Å². The molecule has 0 aromatic carbocycles. The van der Waals surface area contributed by atoms with Gasteiger partial charge in [0.1, 0.15) is 0 Å². The van der Waals surface area contributed by atoms with E-state index in [1.807, 2.05) is 0 Å². The first-order chi connectivity index (χ1) is 3.89. The summed E-state index contributed by atoms with van der Waals surface area (Å²) in [5.41, 5.74) is 0. The molecule has 0 saturated carbocycles. The van der Waals surface area contributed by atoms with Crippen molar-refractivity contribution in [1.82, 2.24) is 10.6 Å². The molecule has 0 amide bonds. The molecule has 1 aliphatic rings. The molecule has 0 spiro atoms. The molecule has 2 heteroatoms. The summed E-state index contributed by atoms with van der Waals surface area (Å²) in [4.78, 5) is 0. The molecule has 0 aromatic heterocycles. The van der Waals surface area contributed by atoms with Gasteiger partial charge < -0.3 is 10.6 Å². The summed E-state index contributed by atoms with van der Waals surface area (Å²) in [6.07, 6.45) is 1.31. The maximum Gasteiger partial charge on any atom is 0.0454 e. The van der Waals surface area contributed by atoms with E-state index in [0.29, 0.717) is 0 Å². The van der Waals surface area contributed by atoms with Crippen LogP contribution < -0.4 is 10.6 Å². The topological polar surface area (TPSA) is 24.1 Å². The first kappa shape index (κ1) is 6.05. The van der Waals surface area contributed by atoms with Gasteiger partial charge in [0.05, 0.1) is 0 Å². The molecule has 1 fully saturated rings. The minimum Gasteiger partial charge on any atom is -0.304 e. The number of hydrogen-bond donors (Lipinski definition) is 2. The van der Waals surface area contributed by atoms with Crippen LogP contribution in [0.3, 0.4) is 0 Å². The van der Waals surface area contributed by atoms with Crippen LogP contribution in [0.2, 0.25) is 0 Å². The van der Waals surface area contributed by atoms with Crippen molar-refractivity contribution in [3.05, 3.63) is 0 Å². The number of nitrogens with one attached hydrogen (secondary N) is 2. The van der Waals surface area contributed by atoms with E-state index in [-0.39, 0.29) is 0 Å².